The molecule has 0 fully saturated rings. The number of rotatable bonds is 1. The van der Waals surface area contributed by atoms with Crippen LogP contribution < -0.4 is 4.74 Å². The van der Waals surface area contributed by atoms with Gasteiger partial charge in [-0.05, 0) is 12.1 Å². The average Bonchev–Trinajstić information content (AvgIpc) is 2.18. The highest BCUT2D eigenvalue weighted by atomic mass is 16.5. The van der Waals surface area contributed by atoms with Crippen molar-refractivity contribution < 1.29 is 19.7 Å². The maximum Gasteiger partial charge on any atom is 0.337 e. The summed E-state index contributed by atoms with van der Waals surface area (Å²) in [7, 11) is 0. The second-order valence-corrected chi connectivity index (χ2v) is 2.80. The van der Waals surface area contributed by atoms with Crippen molar-refractivity contribution in [1.29, 1.82) is 0 Å². The van der Waals surface area contributed by atoms with Gasteiger partial charge in [-0.3, -0.25) is 0 Å². The molecule has 1 aliphatic rings. The number of carbonyl (C=O) groups is 1. The summed E-state index contributed by atoms with van der Waals surface area (Å²) in [6.45, 7) is 0. The Hall–Kier alpha value is -1.88. The van der Waals surface area contributed by atoms with Gasteiger partial charge in [-0.25, -0.2) is 9.78 Å². The van der Waals surface area contributed by atoms with Crippen molar-refractivity contribution in [3.05, 3.63) is 35.7 Å². The first-order valence-electron chi connectivity index (χ1n) is 3.93. The summed E-state index contributed by atoms with van der Waals surface area (Å²) in [6, 6.07) is 3.18. The van der Waals surface area contributed by atoms with Crippen LogP contribution >= 0.6 is 0 Å². The predicted octanol–water partition coefficient (Wildman–Crippen LogP) is 0.476. The molecule has 2 heterocycles. The van der Waals surface area contributed by atoms with E-state index in [9.17, 15) is 9.90 Å². The fraction of sp³-hybridized carbons (Fsp3) is 0.111. The van der Waals surface area contributed by atoms with Crippen LogP contribution in [0.25, 0.3) is 0 Å². The van der Waals surface area contributed by atoms with E-state index in [2.05, 4.69) is 4.98 Å². The van der Waals surface area contributed by atoms with Crippen LogP contribution in [-0.2, 0) is 4.79 Å². The average molecular weight is 193 g/mol. The molecule has 0 aromatic carbocycles. The lowest BCUT2D eigenvalue weighted by atomic mass is 10.0. The highest BCUT2D eigenvalue weighted by Crippen LogP contribution is 2.32. The van der Waals surface area contributed by atoms with Crippen molar-refractivity contribution in [2.75, 3.05) is 0 Å². The number of nitrogens with zero attached hydrogens (tertiary/aromatic N) is 1. The maximum atomic E-state index is 10.6. The minimum absolute atomic E-state index is 0.189. The lowest BCUT2D eigenvalue weighted by Crippen LogP contribution is -2.17. The van der Waals surface area contributed by atoms with Crippen molar-refractivity contribution in [3.63, 3.8) is 0 Å². The standard InChI is InChI=1S/C9H7NO4/c11-7-5-2-1-3-10-8(5)14-4-6(7)9(12)13/h1-4,7,11H,(H,12,13)/t7-/m0/s1. The number of aliphatic carboxylic acids is 1. The molecule has 0 radical (unpaired) electrons. The van der Waals surface area contributed by atoms with Gasteiger partial charge in [0.1, 0.15) is 17.9 Å². The van der Waals surface area contributed by atoms with Crippen LogP contribution in [0.1, 0.15) is 11.7 Å². The van der Waals surface area contributed by atoms with Crippen molar-refractivity contribution in [1.82, 2.24) is 4.98 Å². The molecule has 1 aromatic rings. The molecule has 14 heavy (non-hydrogen) atoms. The number of aromatic nitrogens is 1. The third-order valence-corrected chi connectivity index (χ3v) is 1.93. The monoisotopic (exact) mass is 193 g/mol. The van der Waals surface area contributed by atoms with Crippen molar-refractivity contribution in [3.8, 4) is 5.88 Å². The Morgan fingerprint density at radius 2 is 2.36 bits per heavy atom. The molecule has 2 rings (SSSR count). The lowest BCUT2D eigenvalue weighted by molar-refractivity contribution is -0.134. The molecule has 2 N–H and O–H groups in total. The zero-order chi connectivity index (χ0) is 10.1. The summed E-state index contributed by atoms with van der Waals surface area (Å²) in [5.74, 6) is -0.961. The molecule has 0 saturated carbocycles. The topological polar surface area (TPSA) is 79.7 Å². The first-order valence-corrected chi connectivity index (χ1v) is 3.93. The smallest absolute Gasteiger partial charge is 0.337 e. The van der Waals surface area contributed by atoms with E-state index in [1.807, 2.05) is 0 Å². The largest absolute Gasteiger partial charge is 0.478 e. The summed E-state index contributed by atoms with van der Waals surface area (Å²) in [5.41, 5.74) is 0.179. The van der Waals surface area contributed by atoms with Crippen LogP contribution in [-0.4, -0.2) is 21.2 Å². The van der Waals surface area contributed by atoms with Crippen molar-refractivity contribution in [2.24, 2.45) is 0 Å². The summed E-state index contributed by atoms with van der Waals surface area (Å²) in [5, 5.41) is 18.3. The molecule has 1 aromatic heterocycles. The van der Waals surface area contributed by atoms with Gasteiger partial charge >= 0.3 is 5.97 Å². The van der Waals surface area contributed by atoms with Crippen LogP contribution in [0.2, 0.25) is 0 Å². The number of pyridine rings is 1. The molecule has 0 saturated heterocycles. The van der Waals surface area contributed by atoms with Gasteiger partial charge in [0, 0.05) is 11.8 Å². The van der Waals surface area contributed by atoms with E-state index >= 15 is 0 Å². The predicted molar refractivity (Wildman–Crippen MR) is 45.5 cm³/mol. The summed E-state index contributed by atoms with van der Waals surface area (Å²) in [6.07, 6.45) is 1.33. The minimum atomic E-state index is -1.20. The van der Waals surface area contributed by atoms with Crippen LogP contribution in [0.15, 0.2) is 30.2 Å². The molecular weight excluding hydrogens is 186 g/mol. The first kappa shape index (κ1) is 8.71. The van der Waals surface area contributed by atoms with E-state index in [1.165, 1.54) is 6.20 Å². The van der Waals surface area contributed by atoms with Gasteiger partial charge in [0.2, 0.25) is 5.88 Å². The molecule has 0 amide bonds. The van der Waals surface area contributed by atoms with Gasteiger partial charge in [0.15, 0.2) is 0 Å². The number of carboxylic acids is 1. The van der Waals surface area contributed by atoms with E-state index in [-0.39, 0.29) is 11.5 Å². The normalized spacial score (nSPS) is 19.2. The number of carboxylic acid groups (broad SMARTS) is 1. The number of aliphatic hydroxyl groups excluding tert-OH is 1. The fourth-order valence-corrected chi connectivity index (χ4v) is 1.23. The van der Waals surface area contributed by atoms with Crippen LogP contribution in [0, 0.1) is 0 Å². The number of hydrogen-bond acceptors (Lipinski definition) is 4. The van der Waals surface area contributed by atoms with E-state index in [0.717, 1.165) is 6.26 Å². The maximum absolute atomic E-state index is 10.6. The van der Waals surface area contributed by atoms with Gasteiger partial charge in [-0.15, -0.1) is 0 Å². The quantitative estimate of drug-likeness (QED) is 0.677. The molecule has 1 atom stereocenters. The van der Waals surface area contributed by atoms with E-state index in [0.29, 0.717) is 5.56 Å². The molecule has 72 valence electrons. The lowest BCUT2D eigenvalue weighted by Gasteiger charge is -2.18. The zero-order valence-electron chi connectivity index (χ0n) is 7.04. The zero-order valence-corrected chi connectivity index (χ0v) is 7.04. The summed E-state index contributed by atoms with van der Waals surface area (Å²) >= 11 is 0. The molecule has 5 heteroatoms. The molecule has 5 nitrogen and oxygen atoms in total. The van der Waals surface area contributed by atoms with E-state index < -0.39 is 12.1 Å². The van der Waals surface area contributed by atoms with Gasteiger partial charge in [0.25, 0.3) is 0 Å². The molecule has 0 aliphatic carbocycles. The third-order valence-electron chi connectivity index (χ3n) is 1.93. The highest BCUT2D eigenvalue weighted by molar-refractivity contribution is 5.88. The fourth-order valence-electron chi connectivity index (χ4n) is 1.23. The van der Waals surface area contributed by atoms with Crippen molar-refractivity contribution >= 4 is 5.97 Å². The van der Waals surface area contributed by atoms with Gasteiger partial charge in [-0.1, -0.05) is 0 Å². The number of hydrogen-bond donors (Lipinski definition) is 2. The molecular formula is C9H7NO4. The third kappa shape index (κ3) is 1.23. The summed E-state index contributed by atoms with van der Waals surface area (Å²) < 4.78 is 4.95. The minimum Gasteiger partial charge on any atom is -0.478 e. The Balaban J connectivity index is 2.44. The number of aliphatic hydroxyl groups is 1. The van der Waals surface area contributed by atoms with E-state index in [1.54, 1.807) is 12.1 Å². The van der Waals surface area contributed by atoms with Crippen LogP contribution in [0.5, 0.6) is 5.88 Å². The second-order valence-electron chi connectivity index (χ2n) is 2.80. The Labute approximate surface area is 79.3 Å². The Morgan fingerprint density at radius 1 is 1.57 bits per heavy atom. The number of fused-ring (bicyclic) bond motifs is 1. The molecule has 0 bridgehead atoms. The van der Waals surface area contributed by atoms with Crippen molar-refractivity contribution in [2.45, 2.75) is 6.10 Å². The van der Waals surface area contributed by atoms with E-state index in [4.69, 9.17) is 9.84 Å². The second kappa shape index (κ2) is 3.12. The number of ether oxygens (including phenoxy) is 1. The first-order chi connectivity index (χ1) is 6.70. The SMILES string of the molecule is O=C(O)C1=COc2ncccc2[C@@H]1O. The van der Waals surface area contributed by atoms with Crippen LogP contribution in [0.4, 0.5) is 0 Å². The van der Waals surface area contributed by atoms with Gasteiger partial charge < -0.3 is 14.9 Å². The molecule has 0 spiro atoms. The van der Waals surface area contributed by atoms with Crippen LogP contribution in [0.3, 0.4) is 0 Å². The van der Waals surface area contributed by atoms with Gasteiger partial charge in [0.05, 0.1) is 0 Å². The van der Waals surface area contributed by atoms with Gasteiger partial charge in [-0.2, -0.15) is 0 Å². The Morgan fingerprint density at radius 3 is 3.07 bits per heavy atom. The Bertz CT molecular complexity index is 413. The molecule has 1 aliphatic heterocycles. The highest BCUT2D eigenvalue weighted by Gasteiger charge is 2.27. The Kier molecular flexibility index (Phi) is 1.94. The summed E-state index contributed by atoms with van der Waals surface area (Å²) in [4.78, 5) is 14.5. The molecule has 0 unspecified atom stereocenters.